The highest BCUT2D eigenvalue weighted by Gasteiger charge is 2.62. The summed E-state index contributed by atoms with van der Waals surface area (Å²) in [6.45, 7) is 8.28. The van der Waals surface area contributed by atoms with Crippen molar-refractivity contribution in [2.75, 3.05) is 18.7 Å². The maximum Gasteiger partial charge on any atom is 0.330 e. The summed E-state index contributed by atoms with van der Waals surface area (Å²) in [5, 5.41) is 19.0. The van der Waals surface area contributed by atoms with Crippen molar-refractivity contribution in [3.63, 3.8) is 0 Å². The smallest absolute Gasteiger partial charge is 0.330 e. The van der Waals surface area contributed by atoms with Crippen molar-refractivity contribution in [1.82, 2.24) is 30.3 Å². The summed E-state index contributed by atoms with van der Waals surface area (Å²) in [5.41, 5.74) is -0.197. The van der Waals surface area contributed by atoms with Gasteiger partial charge in [0.05, 0.1) is 24.3 Å². The molecule has 0 radical (unpaired) electrons. The van der Waals surface area contributed by atoms with Gasteiger partial charge in [0.15, 0.2) is 29.6 Å². The summed E-state index contributed by atoms with van der Waals surface area (Å²) in [6, 6.07) is -2.16. The quantitative estimate of drug-likeness (QED) is 0.225. The van der Waals surface area contributed by atoms with Crippen LogP contribution < -0.4 is 5.01 Å². The number of ether oxygens (including phenoxy) is 6. The van der Waals surface area contributed by atoms with Crippen LogP contribution in [0, 0.1) is 0 Å². The van der Waals surface area contributed by atoms with E-state index in [0.29, 0.717) is 5.56 Å². The third-order valence-corrected chi connectivity index (χ3v) is 7.81. The van der Waals surface area contributed by atoms with Gasteiger partial charge in [0, 0.05) is 41.0 Å². The summed E-state index contributed by atoms with van der Waals surface area (Å²) in [7, 11) is 1.19. The van der Waals surface area contributed by atoms with E-state index in [-0.39, 0.29) is 22.9 Å². The molecule has 2 aliphatic heterocycles. The Morgan fingerprint density at radius 2 is 1.49 bits per heavy atom. The molecule has 0 unspecified atom stereocenters. The van der Waals surface area contributed by atoms with Crippen LogP contribution in [0.3, 0.4) is 0 Å². The lowest BCUT2D eigenvalue weighted by atomic mass is 9.88. The lowest BCUT2D eigenvalue weighted by molar-refractivity contribution is -0.208. The highest BCUT2D eigenvalue weighted by molar-refractivity contribution is 6.32. The van der Waals surface area contributed by atoms with Crippen LogP contribution in [-0.4, -0.2) is 116 Å². The number of fused-ring (bicyclic) bond motifs is 5. The second-order valence-electron chi connectivity index (χ2n) is 11.3. The first-order chi connectivity index (χ1) is 22.0. The molecule has 47 heavy (non-hydrogen) atoms. The first kappa shape index (κ1) is 35.2. The number of hydrazine groups is 1. The van der Waals surface area contributed by atoms with Crippen LogP contribution >= 0.6 is 11.6 Å². The van der Waals surface area contributed by atoms with Gasteiger partial charge in [0.25, 0.3) is 0 Å². The molecular weight excluding hydrogens is 650 g/mol. The standard InChI is InChI=1S/C27H34ClN7O12/c1-11(36)43-10-18(44-12(2)37)22(46-14(4)39)23(47-15(5)40)21(45-13(3)38)16-9-17(26(41)42-8)33-20-19(27(6,7)34(16)33)25-29-31-32-35(25)30-24(20)28/h16-18,21-23H,9-10H2,1-8H3/t16-,17-,18+,21-,22+,23+/m0/s1. The highest BCUT2D eigenvalue weighted by atomic mass is 35.5. The Bertz CT molecular complexity index is 1600. The maximum atomic E-state index is 13.3. The first-order valence-corrected chi connectivity index (χ1v) is 14.6. The van der Waals surface area contributed by atoms with Crippen molar-refractivity contribution in [3.05, 3.63) is 10.7 Å². The lowest BCUT2D eigenvalue weighted by Gasteiger charge is -2.43. The predicted molar refractivity (Wildman–Crippen MR) is 154 cm³/mol. The van der Waals surface area contributed by atoms with E-state index in [1.165, 1.54) is 12.1 Å². The topological polar surface area (TPSA) is 220 Å². The van der Waals surface area contributed by atoms with Crippen LogP contribution in [0.25, 0.3) is 5.65 Å². The number of aromatic nitrogens is 5. The number of nitrogens with zero attached hydrogens (tertiary/aromatic N) is 7. The molecule has 20 heteroatoms. The number of carbonyl (C=O) groups excluding carboxylic acids is 6. The van der Waals surface area contributed by atoms with Crippen LogP contribution in [0.15, 0.2) is 0 Å². The summed E-state index contributed by atoms with van der Waals surface area (Å²) in [5.74, 6) is -4.96. The van der Waals surface area contributed by atoms with E-state index in [4.69, 9.17) is 40.0 Å². The summed E-state index contributed by atoms with van der Waals surface area (Å²) in [4.78, 5) is 75.0. The Balaban J connectivity index is 1.95. The van der Waals surface area contributed by atoms with Crippen molar-refractivity contribution in [2.45, 2.75) is 96.9 Å². The van der Waals surface area contributed by atoms with Gasteiger partial charge >= 0.3 is 35.8 Å². The highest BCUT2D eigenvalue weighted by Crippen LogP contribution is 2.54. The molecule has 4 rings (SSSR count). The molecule has 2 aromatic rings. The van der Waals surface area contributed by atoms with Crippen molar-refractivity contribution in [1.29, 1.82) is 0 Å². The number of hydrogen-bond acceptors (Lipinski definition) is 18. The molecule has 4 heterocycles. The fraction of sp³-hybridized carbons (Fsp3) is 0.630. The van der Waals surface area contributed by atoms with E-state index < -0.39 is 84.5 Å². The first-order valence-electron chi connectivity index (χ1n) is 14.3. The zero-order chi connectivity index (χ0) is 35.0. The maximum absolute atomic E-state index is 13.3. The van der Waals surface area contributed by atoms with Crippen molar-refractivity contribution in [3.8, 4) is 0 Å². The number of carbonyl (C=O) groups is 6. The second-order valence-corrected chi connectivity index (χ2v) is 11.6. The zero-order valence-corrected chi connectivity index (χ0v) is 27.5. The monoisotopic (exact) mass is 683 g/mol. The fourth-order valence-electron chi connectivity index (χ4n) is 6.14. The van der Waals surface area contributed by atoms with Gasteiger partial charge in [-0.1, -0.05) is 11.6 Å². The minimum Gasteiger partial charge on any atom is -0.467 e. The Kier molecular flexibility index (Phi) is 10.2. The number of rotatable bonds is 11. The largest absolute Gasteiger partial charge is 0.467 e. The molecule has 0 spiro atoms. The van der Waals surface area contributed by atoms with Crippen LogP contribution in [0.5, 0.6) is 0 Å². The predicted octanol–water partition coefficient (Wildman–Crippen LogP) is 0.0486. The summed E-state index contributed by atoms with van der Waals surface area (Å²) < 4.78 is 33.8. The molecule has 1 saturated heterocycles. The second kappa shape index (κ2) is 13.6. The molecule has 0 bridgehead atoms. The van der Waals surface area contributed by atoms with Gasteiger partial charge in [0.2, 0.25) is 5.65 Å². The molecule has 0 amide bonds. The van der Waals surface area contributed by atoms with Gasteiger partial charge in [-0.25, -0.2) is 9.80 Å². The number of esters is 6. The van der Waals surface area contributed by atoms with Crippen molar-refractivity contribution < 1.29 is 57.2 Å². The van der Waals surface area contributed by atoms with Gasteiger partial charge in [-0.3, -0.25) is 29.0 Å². The minimum absolute atomic E-state index is 0.0698. The third kappa shape index (κ3) is 6.90. The average Bonchev–Trinajstić information content (AvgIpc) is 3.64. The van der Waals surface area contributed by atoms with E-state index >= 15 is 0 Å². The molecule has 2 aliphatic rings. The molecule has 1 fully saturated rings. The molecule has 0 aliphatic carbocycles. The average molecular weight is 684 g/mol. The Morgan fingerprint density at radius 3 is 2.04 bits per heavy atom. The fourth-order valence-corrected chi connectivity index (χ4v) is 6.39. The Morgan fingerprint density at radius 1 is 0.894 bits per heavy atom. The van der Waals surface area contributed by atoms with Crippen LogP contribution in [0.4, 0.5) is 5.69 Å². The number of methoxy groups -OCH3 is 1. The van der Waals surface area contributed by atoms with Gasteiger partial charge < -0.3 is 28.4 Å². The summed E-state index contributed by atoms with van der Waals surface area (Å²) >= 11 is 6.66. The minimum atomic E-state index is -1.70. The third-order valence-electron chi connectivity index (χ3n) is 7.55. The zero-order valence-electron chi connectivity index (χ0n) is 26.8. The number of halogens is 1. The lowest BCUT2D eigenvalue weighted by Crippen LogP contribution is -2.60. The Hall–Kier alpha value is -4.65. The molecule has 6 atom stereocenters. The van der Waals surface area contributed by atoms with E-state index in [1.54, 1.807) is 18.9 Å². The van der Waals surface area contributed by atoms with E-state index in [2.05, 4.69) is 20.6 Å². The normalized spacial score (nSPS) is 20.7. The van der Waals surface area contributed by atoms with Crippen LogP contribution in [0.2, 0.25) is 5.15 Å². The van der Waals surface area contributed by atoms with Gasteiger partial charge in [-0.05, 0) is 24.3 Å². The Labute approximate surface area is 272 Å². The van der Waals surface area contributed by atoms with E-state index in [1.807, 2.05) is 0 Å². The van der Waals surface area contributed by atoms with Gasteiger partial charge in [-0.15, -0.1) is 14.8 Å². The number of anilines is 1. The van der Waals surface area contributed by atoms with E-state index in [9.17, 15) is 28.8 Å². The molecule has 0 aromatic carbocycles. The van der Waals surface area contributed by atoms with Crippen LogP contribution in [0.1, 0.15) is 60.5 Å². The SMILES string of the molecule is COC(=O)[C@@H]1C[C@@H]([C@H](OC(C)=O)[C@@H](OC(C)=O)[C@H](OC(C)=O)[C@@H](COC(C)=O)OC(C)=O)N2N1c1c(Cl)nn3nnnc3c1C2(C)C. The van der Waals surface area contributed by atoms with Gasteiger partial charge in [-0.2, -0.15) is 0 Å². The molecule has 0 N–H and O–H groups in total. The van der Waals surface area contributed by atoms with Crippen molar-refractivity contribution in [2.24, 2.45) is 0 Å². The molecule has 2 aromatic heterocycles. The van der Waals surface area contributed by atoms with Crippen LogP contribution in [-0.2, 0) is 62.7 Å². The molecule has 0 saturated carbocycles. The molecule has 256 valence electrons. The van der Waals surface area contributed by atoms with Crippen molar-refractivity contribution >= 4 is 58.8 Å². The van der Waals surface area contributed by atoms with E-state index in [0.717, 1.165) is 39.2 Å². The summed E-state index contributed by atoms with van der Waals surface area (Å²) in [6.07, 6.45) is -6.60. The number of tetrazole rings is 1. The van der Waals surface area contributed by atoms with Gasteiger partial charge in [0.1, 0.15) is 18.3 Å². The molecular formula is C27H34ClN7O12. The molecule has 19 nitrogen and oxygen atoms in total. The number of hydrogen-bond donors (Lipinski definition) is 0.